The summed E-state index contributed by atoms with van der Waals surface area (Å²) >= 11 is 0. The van der Waals surface area contributed by atoms with Gasteiger partial charge in [0.05, 0.1) is 13.2 Å². The van der Waals surface area contributed by atoms with E-state index in [0.29, 0.717) is 43.5 Å². The highest BCUT2D eigenvalue weighted by molar-refractivity contribution is 5.85. The van der Waals surface area contributed by atoms with E-state index in [2.05, 4.69) is 12.2 Å². The number of ether oxygens (including phenoxy) is 1. The smallest absolute Gasteiger partial charge is 0.223 e. The molecule has 3 unspecified atom stereocenters. The summed E-state index contributed by atoms with van der Waals surface area (Å²) in [5.74, 6) is 0.849. The minimum atomic E-state index is -0.365. The molecule has 0 saturated carbocycles. The number of nitrogens with zero attached hydrogens (tertiary/aromatic N) is 1. The van der Waals surface area contributed by atoms with Crippen LogP contribution in [0.3, 0.4) is 0 Å². The maximum absolute atomic E-state index is 14.0. The Morgan fingerprint density at radius 2 is 2.24 bits per heavy atom. The van der Waals surface area contributed by atoms with Crippen LogP contribution >= 0.6 is 12.4 Å². The molecule has 25 heavy (non-hydrogen) atoms. The Morgan fingerprint density at radius 3 is 2.96 bits per heavy atom. The van der Waals surface area contributed by atoms with Gasteiger partial charge in [0.1, 0.15) is 11.9 Å². The Kier molecular flexibility index (Phi) is 7.66. The number of hydrogen-bond donors (Lipinski definition) is 1. The van der Waals surface area contributed by atoms with Crippen molar-refractivity contribution >= 4 is 18.3 Å². The highest BCUT2D eigenvalue weighted by atomic mass is 35.5. The summed E-state index contributed by atoms with van der Waals surface area (Å²) in [6.45, 7) is 5.77. The van der Waals surface area contributed by atoms with Gasteiger partial charge in [-0.1, -0.05) is 25.1 Å². The number of halogens is 2. The average molecular weight is 371 g/mol. The van der Waals surface area contributed by atoms with E-state index in [1.165, 1.54) is 18.9 Å². The summed E-state index contributed by atoms with van der Waals surface area (Å²) in [5.41, 5.74) is 0.541. The predicted octanol–water partition coefficient (Wildman–Crippen LogP) is 3.17. The molecule has 3 atom stereocenters. The van der Waals surface area contributed by atoms with Crippen LogP contribution in [0.15, 0.2) is 24.3 Å². The van der Waals surface area contributed by atoms with Crippen LogP contribution in [0, 0.1) is 17.7 Å². The minimum absolute atomic E-state index is 0. The lowest BCUT2D eigenvalue weighted by Crippen LogP contribution is -2.44. The molecule has 2 aliphatic heterocycles. The molecule has 0 aliphatic carbocycles. The standard InChI is InChI=1S/C19H27FN2O2.ClH/c1-14(15-5-4-8-21-12-15)11-19(23)22-9-10-24-18(13-22)16-6-2-3-7-17(16)20;/h2-3,6-7,14-15,18,21H,4-5,8-13H2,1H3;1H. The monoisotopic (exact) mass is 370 g/mol. The molecule has 1 aromatic rings. The zero-order chi connectivity index (χ0) is 16.9. The first-order valence-corrected chi connectivity index (χ1v) is 8.99. The lowest BCUT2D eigenvalue weighted by Gasteiger charge is -2.35. The van der Waals surface area contributed by atoms with Gasteiger partial charge in [-0.2, -0.15) is 0 Å². The van der Waals surface area contributed by atoms with Gasteiger partial charge >= 0.3 is 0 Å². The van der Waals surface area contributed by atoms with Crippen molar-refractivity contribution in [1.82, 2.24) is 10.2 Å². The number of amides is 1. The van der Waals surface area contributed by atoms with Crippen molar-refractivity contribution < 1.29 is 13.9 Å². The first-order valence-electron chi connectivity index (χ1n) is 8.99. The Balaban J connectivity index is 0.00000225. The van der Waals surface area contributed by atoms with Gasteiger partial charge in [-0.15, -0.1) is 12.4 Å². The van der Waals surface area contributed by atoms with Crippen molar-refractivity contribution in [3.8, 4) is 0 Å². The largest absolute Gasteiger partial charge is 0.370 e. The van der Waals surface area contributed by atoms with E-state index in [9.17, 15) is 9.18 Å². The lowest BCUT2D eigenvalue weighted by atomic mass is 9.85. The quantitative estimate of drug-likeness (QED) is 0.885. The average Bonchev–Trinajstić information content (AvgIpc) is 2.63. The van der Waals surface area contributed by atoms with Crippen LogP contribution in [0.5, 0.6) is 0 Å². The fraction of sp³-hybridized carbons (Fsp3) is 0.632. The molecule has 0 aromatic heterocycles. The third kappa shape index (κ3) is 5.16. The fourth-order valence-electron chi connectivity index (χ4n) is 3.74. The molecule has 2 heterocycles. The predicted molar refractivity (Wildman–Crippen MR) is 98.3 cm³/mol. The molecular weight excluding hydrogens is 343 g/mol. The maximum atomic E-state index is 14.0. The third-order valence-corrected chi connectivity index (χ3v) is 5.31. The number of nitrogens with one attached hydrogen (secondary N) is 1. The van der Waals surface area contributed by atoms with Gasteiger partial charge < -0.3 is 15.0 Å². The Labute approximate surface area is 155 Å². The van der Waals surface area contributed by atoms with Crippen LogP contribution in [0.4, 0.5) is 4.39 Å². The van der Waals surface area contributed by atoms with E-state index in [1.54, 1.807) is 18.2 Å². The van der Waals surface area contributed by atoms with Crippen LogP contribution < -0.4 is 5.32 Å². The summed E-state index contributed by atoms with van der Waals surface area (Å²) in [6, 6.07) is 6.66. The van der Waals surface area contributed by atoms with E-state index < -0.39 is 0 Å². The lowest BCUT2D eigenvalue weighted by molar-refractivity contribution is -0.140. The second-order valence-electron chi connectivity index (χ2n) is 7.01. The van der Waals surface area contributed by atoms with Crippen molar-refractivity contribution in [1.29, 1.82) is 0 Å². The van der Waals surface area contributed by atoms with Crippen molar-refractivity contribution in [2.24, 2.45) is 11.8 Å². The molecule has 4 nitrogen and oxygen atoms in total. The number of carbonyl (C=O) groups excluding carboxylic acids is 1. The van der Waals surface area contributed by atoms with Crippen molar-refractivity contribution in [3.63, 3.8) is 0 Å². The Morgan fingerprint density at radius 1 is 1.44 bits per heavy atom. The van der Waals surface area contributed by atoms with Crippen LogP contribution in [-0.4, -0.2) is 43.6 Å². The van der Waals surface area contributed by atoms with Crippen molar-refractivity contribution in [2.45, 2.75) is 32.3 Å². The maximum Gasteiger partial charge on any atom is 0.223 e. The zero-order valence-corrected chi connectivity index (χ0v) is 15.6. The van der Waals surface area contributed by atoms with Crippen LogP contribution in [0.25, 0.3) is 0 Å². The minimum Gasteiger partial charge on any atom is -0.370 e. The molecular formula is C19H28ClFN2O2. The van der Waals surface area contributed by atoms with Gasteiger partial charge in [0.15, 0.2) is 0 Å². The van der Waals surface area contributed by atoms with Gasteiger partial charge in [0, 0.05) is 18.5 Å². The number of morpholine rings is 1. The molecule has 0 bridgehead atoms. The normalized spacial score (nSPS) is 25.1. The molecule has 0 spiro atoms. The van der Waals surface area contributed by atoms with Crippen molar-refractivity contribution in [3.05, 3.63) is 35.6 Å². The van der Waals surface area contributed by atoms with Crippen LogP contribution in [0.1, 0.15) is 37.9 Å². The van der Waals surface area contributed by atoms with Gasteiger partial charge in [-0.25, -0.2) is 4.39 Å². The first-order chi connectivity index (χ1) is 11.6. The number of benzene rings is 1. The van der Waals surface area contributed by atoms with E-state index >= 15 is 0 Å². The highest BCUT2D eigenvalue weighted by Gasteiger charge is 2.29. The molecule has 2 aliphatic rings. The number of piperidine rings is 1. The van der Waals surface area contributed by atoms with E-state index in [1.807, 2.05) is 4.90 Å². The molecule has 2 saturated heterocycles. The highest BCUT2D eigenvalue weighted by Crippen LogP contribution is 2.27. The summed E-state index contributed by atoms with van der Waals surface area (Å²) < 4.78 is 19.7. The number of rotatable bonds is 4. The molecule has 1 aromatic carbocycles. The SMILES string of the molecule is CC(CC(=O)N1CCOC(c2ccccc2F)C1)C1CCCNC1.Cl. The summed E-state index contributed by atoms with van der Waals surface area (Å²) in [6.07, 6.45) is 2.59. The second kappa shape index (κ2) is 9.51. The Bertz CT molecular complexity index is 566. The van der Waals surface area contributed by atoms with Gasteiger partial charge in [0.25, 0.3) is 0 Å². The fourth-order valence-corrected chi connectivity index (χ4v) is 3.74. The van der Waals surface area contributed by atoms with E-state index in [0.717, 1.165) is 13.1 Å². The molecule has 1 amide bonds. The number of carbonyl (C=O) groups is 1. The zero-order valence-electron chi connectivity index (χ0n) is 14.7. The molecule has 140 valence electrons. The van der Waals surface area contributed by atoms with Crippen LogP contribution in [0.2, 0.25) is 0 Å². The van der Waals surface area contributed by atoms with Crippen molar-refractivity contribution in [2.75, 3.05) is 32.8 Å². The molecule has 1 N–H and O–H groups in total. The molecule has 2 fully saturated rings. The third-order valence-electron chi connectivity index (χ3n) is 5.31. The molecule has 3 rings (SSSR count). The van der Waals surface area contributed by atoms with Gasteiger partial charge in [-0.05, 0) is 43.8 Å². The first kappa shape index (κ1) is 20.1. The van der Waals surface area contributed by atoms with Gasteiger partial charge in [0.2, 0.25) is 5.91 Å². The summed E-state index contributed by atoms with van der Waals surface area (Å²) in [5, 5.41) is 3.42. The number of hydrogen-bond acceptors (Lipinski definition) is 3. The molecule has 0 radical (unpaired) electrons. The van der Waals surface area contributed by atoms with E-state index in [-0.39, 0.29) is 30.2 Å². The van der Waals surface area contributed by atoms with Gasteiger partial charge in [-0.3, -0.25) is 4.79 Å². The van der Waals surface area contributed by atoms with Crippen LogP contribution in [-0.2, 0) is 9.53 Å². The Hall–Kier alpha value is -1.17. The summed E-state index contributed by atoms with van der Waals surface area (Å²) in [7, 11) is 0. The molecule has 6 heteroatoms. The topological polar surface area (TPSA) is 41.6 Å². The van der Waals surface area contributed by atoms with E-state index in [4.69, 9.17) is 4.74 Å². The summed E-state index contributed by atoms with van der Waals surface area (Å²) in [4.78, 5) is 14.5. The second-order valence-corrected chi connectivity index (χ2v) is 7.01.